The number of esters is 1. The third kappa shape index (κ3) is 3.44. The molecular weight excluding hydrogens is 496 g/mol. The number of aliphatic hydroxyl groups excluding tert-OH is 2. The summed E-state index contributed by atoms with van der Waals surface area (Å²) >= 11 is 0. The Labute approximate surface area is 232 Å². The van der Waals surface area contributed by atoms with Crippen molar-refractivity contribution in [3.63, 3.8) is 0 Å². The Morgan fingerprint density at radius 2 is 1.64 bits per heavy atom. The molecule has 5 rings (SSSR count). The van der Waals surface area contributed by atoms with Gasteiger partial charge in [0, 0.05) is 18.3 Å². The van der Waals surface area contributed by atoms with Crippen molar-refractivity contribution in [1.82, 2.24) is 0 Å². The molecule has 0 radical (unpaired) electrons. The van der Waals surface area contributed by atoms with Crippen LogP contribution in [0.1, 0.15) is 93.9 Å². The number of carboxylic acid groups (broad SMARTS) is 1. The minimum Gasteiger partial charge on any atom is -0.481 e. The summed E-state index contributed by atoms with van der Waals surface area (Å²) in [5.41, 5.74) is -2.29. The average Bonchev–Trinajstić information content (AvgIpc) is 2.82. The van der Waals surface area contributed by atoms with E-state index in [4.69, 9.17) is 4.74 Å². The molecule has 0 spiro atoms. The highest BCUT2D eigenvalue weighted by Gasteiger charge is 2.74. The lowest BCUT2D eigenvalue weighted by atomic mass is 9.32. The van der Waals surface area contributed by atoms with E-state index in [0.717, 1.165) is 18.4 Å². The molecule has 0 bridgehead atoms. The zero-order chi connectivity index (χ0) is 29.1. The second-order valence-electron chi connectivity index (χ2n) is 15.2. The number of rotatable bonds is 2. The quantitative estimate of drug-likeness (QED) is 0.428. The van der Waals surface area contributed by atoms with Gasteiger partial charge in [0.25, 0.3) is 0 Å². The molecule has 5 aliphatic carbocycles. The first kappa shape index (κ1) is 28.8. The van der Waals surface area contributed by atoms with Crippen LogP contribution >= 0.6 is 0 Å². The largest absolute Gasteiger partial charge is 0.481 e. The van der Waals surface area contributed by atoms with E-state index in [9.17, 15) is 29.7 Å². The third-order valence-electron chi connectivity index (χ3n) is 13.6. The number of hydrogen-bond acceptors (Lipinski definition) is 6. The van der Waals surface area contributed by atoms with Gasteiger partial charge >= 0.3 is 11.9 Å². The molecule has 0 aromatic carbocycles. The minimum absolute atomic E-state index is 0.00914. The number of aliphatic carboxylic acids is 1. The summed E-state index contributed by atoms with van der Waals surface area (Å²) in [4.78, 5) is 39.2. The van der Waals surface area contributed by atoms with E-state index in [2.05, 4.69) is 34.6 Å². The van der Waals surface area contributed by atoms with Gasteiger partial charge in [-0.15, -0.1) is 0 Å². The van der Waals surface area contributed by atoms with Crippen LogP contribution in [0, 0.1) is 56.7 Å². The molecule has 4 fully saturated rings. The molecule has 0 aromatic heterocycles. The Kier molecular flexibility index (Phi) is 6.38. The number of carboxylic acids is 1. The fourth-order valence-electron chi connectivity index (χ4n) is 11.1. The number of aliphatic hydroxyl groups is 2. The van der Waals surface area contributed by atoms with E-state index >= 15 is 0 Å². The molecule has 0 amide bonds. The fourth-order valence-corrected chi connectivity index (χ4v) is 11.1. The van der Waals surface area contributed by atoms with Crippen LogP contribution in [0.2, 0.25) is 0 Å². The molecule has 7 nitrogen and oxygen atoms in total. The first-order valence-electron chi connectivity index (χ1n) is 14.9. The second kappa shape index (κ2) is 8.64. The van der Waals surface area contributed by atoms with Crippen molar-refractivity contribution < 1.29 is 34.4 Å². The van der Waals surface area contributed by atoms with Gasteiger partial charge in [-0.1, -0.05) is 47.1 Å². The molecule has 7 heteroatoms. The van der Waals surface area contributed by atoms with Crippen LogP contribution < -0.4 is 0 Å². The predicted octanol–water partition coefficient (Wildman–Crippen LogP) is 4.78. The van der Waals surface area contributed by atoms with Crippen LogP contribution in [0.25, 0.3) is 0 Å². The van der Waals surface area contributed by atoms with Crippen molar-refractivity contribution >= 4 is 17.7 Å². The van der Waals surface area contributed by atoms with Crippen LogP contribution in [0.15, 0.2) is 11.6 Å². The normalized spacial score (nSPS) is 54.8. The monoisotopic (exact) mass is 544 g/mol. The van der Waals surface area contributed by atoms with Gasteiger partial charge in [-0.25, -0.2) is 0 Å². The van der Waals surface area contributed by atoms with Crippen molar-refractivity contribution in [2.45, 2.75) is 112 Å². The number of ketones is 1. The van der Waals surface area contributed by atoms with E-state index in [1.807, 2.05) is 13.0 Å². The lowest BCUT2D eigenvalue weighted by Gasteiger charge is -2.71. The van der Waals surface area contributed by atoms with Gasteiger partial charge in [0.2, 0.25) is 0 Å². The number of hydrogen-bond donors (Lipinski definition) is 3. The van der Waals surface area contributed by atoms with E-state index < -0.39 is 57.6 Å². The molecule has 0 saturated heterocycles. The van der Waals surface area contributed by atoms with Crippen molar-refractivity contribution in [3.8, 4) is 0 Å². The summed E-state index contributed by atoms with van der Waals surface area (Å²) in [7, 11) is 0. The van der Waals surface area contributed by atoms with Crippen LogP contribution in [-0.4, -0.2) is 51.4 Å². The van der Waals surface area contributed by atoms with Crippen molar-refractivity contribution in [1.29, 1.82) is 0 Å². The summed E-state index contributed by atoms with van der Waals surface area (Å²) in [6, 6.07) is 0. The zero-order valence-corrected chi connectivity index (χ0v) is 24.9. The summed E-state index contributed by atoms with van der Waals surface area (Å²) in [6.07, 6.45) is 3.40. The lowest BCUT2D eigenvalue weighted by Crippen LogP contribution is -2.72. The van der Waals surface area contributed by atoms with Gasteiger partial charge in [-0.05, 0) is 91.4 Å². The van der Waals surface area contributed by atoms with E-state index in [0.29, 0.717) is 19.3 Å². The highest BCUT2D eigenvalue weighted by molar-refractivity contribution is 5.96. The molecule has 0 unspecified atom stereocenters. The summed E-state index contributed by atoms with van der Waals surface area (Å²) in [6.45, 7) is 15.9. The Morgan fingerprint density at radius 3 is 2.23 bits per heavy atom. The number of carbonyl (C=O) groups is 3. The van der Waals surface area contributed by atoms with Crippen molar-refractivity contribution in [2.24, 2.45) is 56.7 Å². The van der Waals surface area contributed by atoms with Gasteiger partial charge in [-0.3, -0.25) is 14.4 Å². The molecule has 218 valence electrons. The Morgan fingerprint density at radius 1 is 1.00 bits per heavy atom. The minimum atomic E-state index is -1.42. The zero-order valence-electron chi connectivity index (χ0n) is 24.9. The maximum absolute atomic E-state index is 14.4. The highest BCUT2D eigenvalue weighted by Crippen LogP contribution is 2.75. The standard InChI is InChI=1S/C32H48O7/c1-16-17(2)25-19-13-20(34)26-29(5)10-9-24(39-18(3)33)31(7,27(37)38)22(29)14-23(36)32(26,8)30(19,6)12-11-28(25,4)15-21(16)35/h13,16-17,21-26,35-36H,9-12,14-15H2,1-8H3,(H,37,38)/t16-,17-,21-,22+,23-,24+,25-,26+,28-,29-,30+,31+,32+/m0/s1. The molecule has 0 aromatic rings. The molecule has 39 heavy (non-hydrogen) atoms. The fraction of sp³-hybridized carbons (Fsp3) is 0.844. The van der Waals surface area contributed by atoms with Crippen LogP contribution in [0.5, 0.6) is 0 Å². The first-order chi connectivity index (χ1) is 17.9. The first-order valence-corrected chi connectivity index (χ1v) is 14.9. The number of fused-ring (bicyclic) bond motifs is 7. The lowest BCUT2D eigenvalue weighted by molar-refractivity contribution is -0.247. The molecule has 0 heterocycles. The van der Waals surface area contributed by atoms with E-state index in [1.54, 1.807) is 6.92 Å². The molecule has 3 N–H and O–H groups in total. The molecule has 13 atom stereocenters. The van der Waals surface area contributed by atoms with Gasteiger partial charge in [-0.2, -0.15) is 0 Å². The van der Waals surface area contributed by atoms with Crippen LogP contribution in [-0.2, 0) is 19.1 Å². The maximum Gasteiger partial charge on any atom is 0.313 e. The SMILES string of the molecule is CC(=O)O[C@@H]1CC[C@@]2(C)[C@@H](C[C@H](O)[C@]3(C)[C@@H]2C(=O)C=C2[C@@H]4[C@@H](C)[C@H](C)[C@@H](O)C[C@]4(C)CC[C@]23C)[C@@]1(C)C(=O)O. The Balaban J connectivity index is 1.66. The van der Waals surface area contributed by atoms with Gasteiger partial charge in [0.05, 0.1) is 12.2 Å². The van der Waals surface area contributed by atoms with E-state index in [1.165, 1.54) is 6.92 Å². The Bertz CT molecular complexity index is 1130. The third-order valence-corrected chi connectivity index (χ3v) is 13.6. The maximum atomic E-state index is 14.4. The van der Waals surface area contributed by atoms with Crippen molar-refractivity contribution in [2.75, 3.05) is 0 Å². The average molecular weight is 545 g/mol. The summed E-state index contributed by atoms with van der Waals surface area (Å²) < 4.78 is 5.57. The van der Waals surface area contributed by atoms with Crippen molar-refractivity contribution in [3.05, 3.63) is 11.6 Å². The van der Waals surface area contributed by atoms with Crippen LogP contribution in [0.3, 0.4) is 0 Å². The van der Waals surface area contributed by atoms with Gasteiger partial charge < -0.3 is 20.1 Å². The molecule has 4 saturated carbocycles. The number of allylic oxidation sites excluding steroid dienone is 2. The summed E-state index contributed by atoms with van der Waals surface area (Å²) in [5, 5.41) is 33.5. The predicted molar refractivity (Wildman–Crippen MR) is 145 cm³/mol. The van der Waals surface area contributed by atoms with Crippen LogP contribution in [0.4, 0.5) is 0 Å². The summed E-state index contributed by atoms with van der Waals surface area (Å²) in [5.74, 6) is -2.22. The smallest absolute Gasteiger partial charge is 0.313 e. The highest BCUT2D eigenvalue weighted by atomic mass is 16.5. The van der Waals surface area contributed by atoms with E-state index in [-0.39, 0.29) is 41.5 Å². The topological polar surface area (TPSA) is 121 Å². The molecule has 0 aliphatic heterocycles. The van der Waals surface area contributed by atoms with Gasteiger partial charge in [0.1, 0.15) is 11.5 Å². The second-order valence-corrected chi connectivity index (χ2v) is 15.2. The number of ether oxygens (including phenoxy) is 1. The molecular formula is C32H48O7. The van der Waals surface area contributed by atoms with Gasteiger partial charge in [0.15, 0.2) is 5.78 Å². The number of carbonyl (C=O) groups excluding carboxylic acids is 2. The molecule has 5 aliphatic rings. The Hall–Kier alpha value is -1.73.